The molecule has 0 aliphatic carbocycles. The summed E-state index contributed by atoms with van der Waals surface area (Å²) < 4.78 is 0. The van der Waals surface area contributed by atoms with Gasteiger partial charge in [-0.1, -0.05) is 54.6 Å². The van der Waals surface area contributed by atoms with Crippen molar-refractivity contribution in [2.24, 2.45) is 4.99 Å². The molecule has 0 fully saturated rings. The zero-order valence-corrected chi connectivity index (χ0v) is 17.5. The lowest BCUT2D eigenvalue weighted by Gasteiger charge is -2.18. The van der Waals surface area contributed by atoms with Gasteiger partial charge in [-0.25, -0.2) is 4.99 Å². The average Bonchev–Trinajstić information content (AvgIpc) is 3.20. The van der Waals surface area contributed by atoms with Gasteiger partial charge in [-0.05, 0) is 30.2 Å². The van der Waals surface area contributed by atoms with Crippen molar-refractivity contribution in [3.63, 3.8) is 0 Å². The summed E-state index contributed by atoms with van der Waals surface area (Å²) in [6.45, 7) is 6.39. The Kier molecular flexibility index (Phi) is 8.47. The molecule has 1 aliphatic rings. The summed E-state index contributed by atoms with van der Waals surface area (Å²) in [6.07, 6.45) is 4.42. The lowest BCUT2D eigenvalue weighted by Crippen LogP contribution is -2.36. The Bertz CT molecular complexity index is 703. The predicted molar refractivity (Wildman–Crippen MR) is 121 cm³/mol. The topological polar surface area (TPSA) is 39.7 Å². The number of rotatable bonds is 6. The first-order valence-corrected chi connectivity index (χ1v) is 8.90. The monoisotopic (exact) mass is 462 g/mol. The Morgan fingerprint density at radius 3 is 2.27 bits per heavy atom. The van der Waals surface area contributed by atoms with E-state index in [1.807, 2.05) is 18.2 Å². The zero-order chi connectivity index (χ0) is 17.3. The van der Waals surface area contributed by atoms with Crippen molar-refractivity contribution in [2.45, 2.75) is 20.0 Å². The van der Waals surface area contributed by atoms with E-state index in [1.54, 1.807) is 0 Å². The largest absolute Gasteiger partial charge is 0.364 e. The first-order valence-electron chi connectivity index (χ1n) is 8.90. The normalized spacial score (nSPS) is 13.4. The summed E-state index contributed by atoms with van der Waals surface area (Å²) in [5.74, 6) is 0.846. The van der Waals surface area contributed by atoms with Crippen molar-refractivity contribution in [2.75, 3.05) is 24.5 Å². The maximum atomic E-state index is 4.66. The third kappa shape index (κ3) is 6.05. The van der Waals surface area contributed by atoms with Crippen LogP contribution in [-0.4, -0.2) is 25.6 Å². The molecule has 1 heterocycles. The lowest BCUT2D eigenvalue weighted by molar-refractivity contribution is 0.816. The molecule has 0 amide bonds. The van der Waals surface area contributed by atoms with Gasteiger partial charge in [-0.2, -0.15) is 0 Å². The highest BCUT2D eigenvalue weighted by Gasteiger charge is 2.07. The van der Waals surface area contributed by atoms with Gasteiger partial charge < -0.3 is 15.5 Å². The molecule has 4 nitrogen and oxygen atoms in total. The van der Waals surface area contributed by atoms with Crippen LogP contribution in [0.3, 0.4) is 0 Å². The molecular weight excluding hydrogens is 435 g/mol. The molecule has 0 spiro atoms. The first-order chi connectivity index (χ1) is 12.3. The minimum Gasteiger partial charge on any atom is -0.364 e. The minimum atomic E-state index is 0. The van der Waals surface area contributed by atoms with Crippen molar-refractivity contribution in [1.29, 1.82) is 0 Å². The molecule has 1 aliphatic heterocycles. The molecule has 5 heteroatoms. The summed E-state index contributed by atoms with van der Waals surface area (Å²) in [7, 11) is 0. The third-order valence-electron chi connectivity index (χ3n) is 4.19. The number of halogens is 1. The van der Waals surface area contributed by atoms with E-state index >= 15 is 0 Å². The highest BCUT2D eigenvalue weighted by Crippen LogP contribution is 2.17. The van der Waals surface area contributed by atoms with Crippen molar-refractivity contribution in [1.82, 2.24) is 10.6 Å². The molecule has 0 saturated carbocycles. The van der Waals surface area contributed by atoms with Crippen LogP contribution in [0.5, 0.6) is 0 Å². The van der Waals surface area contributed by atoms with Crippen LogP contribution in [0.4, 0.5) is 5.69 Å². The number of nitrogens with one attached hydrogen (secondary N) is 2. The molecule has 0 radical (unpaired) electrons. The molecule has 138 valence electrons. The summed E-state index contributed by atoms with van der Waals surface area (Å²) in [6, 6.07) is 19.1. The van der Waals surface area contributed by atoms with Gasteiger partial charge in [0.1, 0.15) is 0 Å². The van der Waals surface area contributed by atoms with E-state index in [2.05, 4.69) is 76.0 Å². The molecule has 3 rings (SSSR count). The van der Waals surface area contributed by atoms with Crippen LogP contribution < -0.4 is 15.5 Å². The highest BCUT2D eigenvalue weighted by molar-refractivity contribution is 14.0. The van der Waals surface area contributed by atoms with Crippen LogP contribution in [0.1, 0.15) is 18.1 Å². The SMILES string of the molecule is CCNC(=NCc1ccccc1)NCc1ccc(N2CC=CC2)cc1.I. The molecule has 2 aromatic carbocycles. The second kappa shape index (κ2) is 10.9. The highest BCUT2D eigenvalue weighted by atomic mass is 127. The van der Waals surface area contributed by atoms with Gasteiger partial charge in [0.15, 0.2) is 5.96 Å². The van der Waals surface area contributed by atoms with Gasteiger partial charge in [-0.3, -0.25) is 0 Å². The Hall–Kier alpha value is -2.02. The molecule has 0 aromatic heterocycles. The van der Waals surface area contributed by atoms with E-state index in [4.69, 9.17) is 0 Å². The van der Waals surface area contributed by atoms with Gasteiger partial charge in [-0.15, -0.1) is 24.0 Å². The van der Waals surface area contributed by atoms with Crippen molar-refractivity contribution in [3.8, 4) is 0 Å². The fourth-order valence-electron chi connectivity index (χ4n) is 2.79. The van der Waals surface area contributed by atoms with Crippen LogP contribution in [0.15, 0.2) is 71.7 Å². The van der Waals surface area contributed by atoms with Crippen LogP contribution >= 0.6 is 24.0 Å². The van der Waals surface area contributed by atoms with Crippen molar-refractivity contribution in [3.05, 3.63) is 77.9 Å². The average molecular weight is 462 g/mol. The number of guanidine groups is 1. The number of aliphatic imine (C=N–C) groups is 1. The predicted octanol–water partition coefficient (Wildman–Crippen LogP) is 3.94. The smallest absolute Gasteiger partial charge is 0.191 e. The van der Waals surface area contributed by atoms with Crippen LogP contribution in [0, 0.1) is 0 Å². The van der Waals surface area contributed by atoms with Crippen molar-refractivity contribution < 1.29 is 0 Å². The standard InChI is InChI=1S/C21H26N4.HI/c1-2-22-21(23-16-18-8-4-3-5-9-18)24-17-19-10-12-20(13-11-19)25-14-6-7-15-25;/h3-13H,2,14-17H2,1H3,(H2,22,23,24);1H. The quantitative estimate of drug-likeness (QED) is 0.296. The van der Waals surface area contributed by atoms with Crippen molar-refractivity contribution >= 4 is 35.6 Å². The van der Waals surface area contributed by atoms with Gasteiger partial charge in [0.2, 0.25) is 0 Å². The number of benzene rings is 2. The summed E-state index contributed by atoms with van der Waals surface area (Å²) in [4.78, 5) is 7.01. The van der Waals surface area contributed by atoms with Crippen LogP contribution in [0.2, 0.25) is 0 Å². The number of nitrogens with zero attached hydrogens (tertiary/aromatic N) is 2. The number of hydrogen-bond acceptors (Lipinski definition) is 2. The second-order valence-corrected chi connectivity index (χ2v) is 6.08. The van der Waals surface area contributed by atoms with E-state index in [1.165, 1.54) is 16.8 Å². The maximum Gasteiger partial charge on any atom is 0.191 e. The van der Waals surface area contributed by atoms with E-state index in [0.717, 1.165) is 32.1 Å². The Morgan fingerprint density at radius 1 is 0.923 bits per heavy atom. The summed E-state index contributed by atoms with van der Waals surface area (Å²) >= 11 is 0. The van der Waals surface area contributed by atoms with E-state index < -0.39 is 0 Å². The van der Waals surface area contributed by atoms with Gasteiger partial charge in [0.25, 0.3) is 0 Å². The van der Waals surface area contributed by atoms with Crippen LogP contribution in [-0.2, 0) is 13.1 Å². The molecule has 0 atom stereocenters. The van der Waals surface area contributed by atoms with Crippen LogP contribution in [0.25, 0.3) is 0 Å². The second-order valence-electron chi connectivity index (χ2n) is 6.08. The molecule has 26 heavy (non-hydrogen) atoms. The lowest BCUT2D eigenvalue weighted by atomic mass is 10.2. The molecular formula is C21H27IN4. The van der Waals surface area contributed by atoms with Gasteiger partial charge in [0, 0.05) is 31.9 Å². The minimum absolute atomic E-state index is 0. The fourth-order valence-corrected chi connectivity index (χ4v) is 2.79. The van der Waals surface area contributed by atoms with E-state index in [9.17, 15) is 0 Å². The zero-order valence-electron chi connectivity index (χ0n) is 15.2. The Balaban J connectivity index is 0.00000243. The van der Waals surface area contributed by atoms with E-state index in [-0.39, 0.29) is 24.0 Å². The fraction of sp³-hybridized carbons (Fsp3) is 0.286. The van der Waals surface area contributed by atoms with Gasteiger partial charge >= 0.3 is 0 Å². The molecule has 0 saturated heterocycles. The Morgan fingerprint density at radius 2 is 1.62 bits per heavy atom. The Labute approximate surface area is 173 Å². The molecule has 0 bridgehead atoms. The number of hydrogen-bond donors (Lipinski definition) is 2. The molecule has 0 unspecified atom stereocenters. The molecule has 2 aromatic rings. The first kappa shape index (κ1) is 20.3. The summed E-state index contributed by atoms with van der Waals surface area (Å²) in [5.41, 5.74) is 3.74. The maximum absolute atomic E-state index is 4.66. The molecule has 2 N–H and O–H groups in total. The summed E-state index contributed by atoms with van der Waals surface area (Å²) in [5, 5.41) is 6.71. The van der Waals surface area contributed by atoms with Gasteiger partial charge in [0.05, 0.1) is 6.54 Å². The number of anilines is 1. The van der Waals surface area contributed by atoms with E-state index in [0.29, 0.717) is 6.54 Å². The third-order valence-corrected chi connectivity index (χ3v) is 4.19.